The van der Waals surface area contributed by atoms with Crippen LogP contribution >= 0.6 is 0 Å². The molecule has 2 aromatic rings. The van der Waals surface area contributed by atoms with Crippen molar-refractivity contribution < 1.29 is 9.47 Å². The van der Waals surface area contributed by atoms with E-state index >= 15 is 0 Å². The number of hydrogen-bond donors (Lipinski definition) is 1. The highest BCUT2D eigenvalue weighted by molar-refractivity contribution is 5.72. The lowest BCUT2D eigenvalue weighted by molar-refractivity contribution is 0.0689. The third kappa shape index (κ3) is 3.70. The van der Waals surface area contributed by atoms with E-state index in [0.29, 0.717) is 36.6 Å². The summed E-state index contributed by atoms with van der Waals surface area (Å²) in [5.41, 5.74) is 0.420. The molecule has 0 saturated carbocycles. The van der Waals surface area contributed by atoms with E-state index in [0.717, 1.165) is 6.54 Å². The molecular weight excluding hydrogens is 286 g/mol. The minimum absolute atomic E-state index is 0.167. The molecule has 1 atom stereocenters. The summed E-state index contributed by atoms with van der Waals surface area (Å²) in [5, 5.41) is 4.57. The molecule has 0 aromatic carbocycles. The number of nitrogens with one attached hydrogen (secondary N) is 1. The Hall–Kier alpha value is -1.77. The first kappa shape index (κ1) is 16.6. The lowest BCUT2D eigenvalue weighted by Crippen LogP contribution is -2.38. The summed E-state index contributed by atoms with van der Waals surface area (Å²) in [6.45, 7) is 4.52. The number of nitrogens with zero attached hydrogens (tertiary/aromatic N) is 4. The summed E-state index contributed by atoms with van der Waals surface area (Å²) >= 11 is 0. The Morgan fingerprint density at radius 1 is 1.41 bits per heavy atom. The fourth-order valence-electron chi connectivity index (χ4n) is 2.36. The number of methoxy groups -OCH3 is 2. The summed E-state index contributed by atoms with van der Waals surface area (Å²) < 4.78 is 12.0. The van der Waals surface area contributed by atoms with Gasteiger partial charge in [-0.3, -0.25) is 14.4 Å². The zero-order valence-corrected chi connectivity index (χ0v) is 13.5. The van der Waals surface area contributed by atoms with Gasteiger partial charge in [0.1, 0.15) is 11.2 Å². The predicted molar refractivity (Wildman–Crippen MR) is 82.8 cm³/mol. The molecule has 0 saturated heterocycles. The number of rotatable bonds is 8. The van der Waals surface area contributed by atoms with Gasteiger partial charge in [-0.1, -0.05) is 0 Å². The van der Waals surface area contributed by atoms with Crippen molar-refractivity contribution in [3.63, 3.8) is 0 Å². The number of aromatic amines is 1. The Morgan fingerprint density at radius 3 is 2.86 bits per heavy atom. The fourth-order valence-corrected chi connectivity index (χ4v) is 2.36. The van der Waals surface area contributed by atoms with E-state index < -0.39 is 0 Å². The Balaban J connectivity index is 2.24. The van der Waals surface area contributed by atoms with E-state index in [9.17, 15) is 4.79 Å². The minimum Gasteiger partial charge on any atom is -0.383 e. The molecule has 0 fully saturated rings. The molecule has 2 aromatic heterocycles. The van der Waals surface area contributed by atoms with Crippen molar-refractivity contribution >= 4 is 11.0 Å². The molecule has 0 radical (unpaired) electrons. The second-order valence-electron chi connectivity index (χ2n) is 5.29. The minimum atomic E-state index is -0.167. The Labute approximate surface area is 129 Å². The van der Waals surface area contributed by atoms with E-state index in [2.05, 4.69) is 26.9 Å². The normalized spacial score (nSPS) is 13.1. The Kier molecular flexibility index (Phi) is 5.64. The Bertz CT molecular complexity index is 666. The monoisotopic (exact) mass is 309 g/mol. The molecule has 2 rings (SSSR count). The van der Waals surface area contributed by atoms with E-state index in [1.54, 1.807) is 25.9 Å². The molecule has 22 heavy (non-hydrogen) atoms. The second kappa shape index (κ2) is 7.48. The number of aryl methyl sites for hydroxylation is 1. The number of hydrogen-bond acceptors (Lipinski definition) is 6. The summed E-state index contributed by atoms with van der Waals surface area (Å²) in [4.78, 5) is 21.6. The quantitative estimate of drug-likeness (QED) is 0.746. The molecule has 122 valence electrons. The predicted octanol–water partition coefficient (Wildman–Crippen LogP) is 0.140. The number of H-pyrrole nitrogens is 1. The molecule has 0 unspecified atom stereocenters. The SMILES string of the molecule is COCCN(Cc1nc2c(cnn2C)c(=O)[nH]1)[C@H](C)COC. The maximum absolute atomic E-state index is 12.1. The van der Waals surface area contributed by atoms with Crippen molar-refractivity contribution in [2.24, 2.45) is 7.05 Å². The van der Waals surface area contributed by atoms with Crippen LogP contribution in [0.25, 0.3) is 11.0 Å². The maximum Gasteiger partial charge on any atom is 0.262 e. The third-order valence-electron chi connectivity index (χ3n) is 3.62. The van der Waals surface area contributed by atoms with E-state index in [1.807, 2.05) is 0 Å². The van der Waals surface area contributed by atoms with Crippen LogP contribution in [0.4, 0.5) is 0 Å². The van der Waals surface area contributed by atoms with Gasteiger partial charge in [-0.25, -0.2) is 4.98 Å². The molecule has 0 bridgehead atoms. The van der Waals surface area contributed by atoms with Gasteiger partial charge in [-0.15, -0.1) is 0 Å². The van der Waals surface area contributed by atoms with Gasteiger partial charge in [0, 0.05) is 33.9 Å². The molecule has 8 nitrogen and oxygen atoms in total. The first-order valence-electron chi connectivity index (χ1n) is 7.19. The lowest BCUT2D eigenvalue weighted by Gasteiger charge is -2.27. The standard InChI is InChI=1S/C14H23N5O3/c1-10(9-22-4)19(5-6-21-3)8-12-16-13-11(14(20)17-12)7-15-18(13)2/h7,10H,5-6,8-9H2,1-4H3,(H,16,17,20)/t10-/m1/s1. The zero-order valence-electron chi connectivity index (χ0n) is 13.5. The van der Waals surface area contributed by atoms with Crippen LogP contribution in [0.15, 0.2) is 11.0 Å². The molecule has 0 aliphatic heterocycles. The molecule has 0 amide bonds. The van der Waals surface area contributed by atoms with Gasteiger partial charge < -0.3 is 14.5 Å². The van der Waals surface area contributed by atoms with Gasteiger partial charge in [0.15, 0.2) is 5.65 Å². The van der Waals surface area contributed by atoms with Crippen molar-refractivity contribution in [2.75, 3.05) is 34.0 Å². The van der Waals surface area contributed by atoms with Crippen molar-refractivity contribution in [1.29, 1.82) is 0 Å². The zero-order chi connectivity index (χ0) is 16.1. The van der Waals surface area contributed by atoms with Gasteiger partial charge in [-0.2, -0.15) is 5.10 Å². The summed E-state index contributed by atoms with van der Waals surface area (Å²) in [7, 11) is 5.11. The maximum atomic E-state index is 12.1. The van der Waals surface area contributed by atoms with Crippen LogP contribution in [0, 0.1) is 0 Å². The van der Waals surface area contributed by atoms with Crippen LogP contribution in [0.2, 0.25) is 0 Å². The average molecular weight is 309 g/mol. The molecule has 1 N–H and O–H groups in total. The van der Waals surface area contributed by atoms with Gasteiger partial charge >= 0.3 is 0 Å². The van der Waals surface area contributed by atoms with Crippen LogP contribution in [0.1, 0.15) is 12.7 Å². The topological polar surface area (TPSA) is 85.3 Å². The van der Waals surface area contributed by atoms with Crippen molar-refractivity contribution in [1.82, 2.24) is 24.6 Å². The van der Waals surface area contributed by atoms with Crippen molar-refractivity contribution in [2.45, 2.75) is 19.5 Å². The van der Waals surface area contributed by atoms with Crippen molar-refractivity contribution in [3.05, 3.63) is 22.4 Å². The number of aromatic nitrogens is 4. The largest absolute Gasteiger partial charge is 0.383 e. The van der Waals surface area contributed by atoms with E-state index in [-0.39, 0.29) is 11.6 Å². The van der Waals surface area contributed by atoms with Crippen LogP contribution in [-0.4, -0.2) is 64.7 Å². The molecule has 0 spiro atoms. The number of fused-ring (bicyclic) bond motifs is 1. The van der Waals surface area contributed by atoms with Gasteiger partial charge in [0.25, 0.3) is 5.56 Å². The van der Waals surface area contributed by atoms with Crippen LogP contribution < -0.4 is 5.56 Å². The molecule has 0 aliphatic carbocycles. The summed E-state index contributed by atoms with van der Waals surface area (Å²) in [5.74, 6) is 0.611. The van der Waals surface area contributed by atoms with Gasteiger partial charge in [-0.05, 0) is 6.92 Å². The van der Waals surface area contributed by atoms with Gasteiger partial charge in [0.05, 0.1) is 26.0 Å². The summed E-state index contributed by atoms with van der Waals surface area (Å²) in [6.07, 6.45) is 1.53. The Morgan fingerprint density at radius 2 is 2.18 bits per heavy atom. The first-order valence-corrected chi connectivity index (χ1v) is 7.19. The highest BCUT2D eigenvalue weighted by Gasteiger charge is 2.16. The van der Waals surface area contributed by atoms with E-state index in [4.69, 9.17) is 9.47 Å². The smallest absolute Gasteiger partial charge is 0.262 e. The molecule has 8 heteroatoms. The lowest BCUT2D eigenvalue weighted by atomic mass is 10.3. The van der Waals surface area contributed by atoms with Crippen LogP contribution in [0.5, 0.6) is 0 Å². The molecule has 2 heterocycles. The highest BCUT2D eigenvalue weighted by atomic mass is 16.5. The third-order valence-corrected chi connectivity index (χ3v) is 3.62. The second-order valence-corrected chi connectivity index (χ2v) is 5.29. The highest BCUT2D eigenvalue weighted by Crippen LogP contribution is 2.08. The molecular formula is C14H23N5O3. The molecule has 0 aliphatic rings. The number of ether oxygens (including phenoxy) is 2. The summed E-state index contributed by atoms with van der Waals surface area (Å²) in [6, 6.07) is 0.188. The average Bonchev–Trinajstić information content (AvgIpc) is 2.86. The van der Waals surface area contributed by atoms with Gasteiger partial charge in [0.2, 0.25) is 0 Å². The first-order chi connectivity index (χ1) is 10.6. The van der Waals surface area contributed by atoms with E-state index in [1.165, 1.54) is 6.20 Å². The van der Waals surface area contributed by atoms with Crippen LogP contribution in [-0.2, 0) is 23.1 Å². The van der Waals surface area contributed by atoms with Crippen molar-refractivity contribution in [3.8, 4) is 0 Å². The van der Waals surface area contributed by atoms with Crippen LogP contribution in [0.3, 0.4) is 0 Å². The fraction of sp³-hybridized carbons (Fsp3) is 0.643.